The summed E-state index contributed by atoms with van der Waals surface area (Å²) in [6, 6.07) is 22.8. The number of hydrogen-bond acceptors (Lipinski definition) is 6. The van der Waals surface area contributed by atoms with Gasteiger partial charge in [-0.1, -0.05) is 42.5 Å². The van der Waals surface area contributed by atoms with Crippen molar-refractivity contribution in [3.8, 4) is 28.3 Å². The Kier molecular flexibility index (Phi) is 5.74. The molecule has 2 aromatic heterocycles. The van der Waals surface area contributed by atoms with Crippen molar-refractivity contribution in [3.05, 3.63) is 112 Å². The Labute approximate surface area is 219 Å². The fourth-order valence-electron chi connectivity index (χ4n) is 4.78. The zero-order chi connectivity index (χ0) is 26.2. The molecule has 38 heavy (non-hydrogen) atoms. The van der Waals surface area contributed by atoms with E-state index in [0.29, 0.717) is 34.2 Å². The van der Waals surface area contributed by atoms with Gasteiger partial charge in [-0.15, -0.1) is 0 Å². The Balaban J connectivity index is 1.56. The van der Waals surface area contributed by atoms with Crippen LogP contribution in [0.25, 0.3) is 32.4 Å². The summed E-state index contributed by atoms with van der Waals surface area (Å²) in [5.41, 5.74) is 3.34. The molecule has 0 amide bonds. The topological polar surface area (TPSA) is 82.6 Å². The molecule has 8 heteroatoms. The second-order valence-electron chi connectivity index (χ2n) is 9.01. The molecule has 0 spiro atoms. The number of ether oxygens (including phenoxy) is 2. The highest BCUT2D eigenvalue weighted by atomic mass is 16.7. The van der Waals surface area contributed by atoms with Crippen molar-refractivity contribution in [1.29, 1.82) is 0 Å². The Hall–Kier alpha value is -5.16. The fraction of sp³-hybridized carbons (Fsp3) is 0.133. The van der Waals surface area contributed by atoms with Gasteiger partial charge in [-0.05, 0) is 60.7 Å². The highest BCUT2D eigenvalue weighted by Crippen LogP contribution is 2.38. The van der Waals surface area contributed by atoms with Crippen LogP contribution in [-0.2, 0) is 0 Å². The number of aromatic nitrogens is 3. The average molecular weight is 502 g/mol. The maximum atomic E-state index is 14.3. The molecule has 0 saturated heterocycles. The Bertz CT molecular complexity index is 1790. The van der Waals surface area contributed by atoms with Crippen LogP contribution in [-0.4, -0.2) is 21.3 Å². The number of pyridine rings is 1. The van der Waals surface area contributed by atoms with Crippen LogP contribution in [0, 0.1) is 13.5 Å². The van der Waals surface area contributed by atoms with E-state index < -0.39 is 0 Å². The van der Waals surface area contributed by atoms with Gasteiger partial charge in [-0.2, -0.15) is 0 Å². The van der Waals surface area contributed by atoms with Gasteiger partial charge in [-0.25, -0.2) is 9.83 Å². The van der Waals surface area contributed by atoms with Crippen molar-refractivity contribution < 1.29 is 9.47 Å². The normalized spacial score (nSPS) is 12.8. The maximum Gasteiger partial charge on any atom is 0.263 e. The van der Waals surface area contributed by atoms with Crippen molar-refractivity contribution in [3.63, 3.8) is 0 Å². The van der Waals surface area contributed by atoms with Crippen molar-refractivity contribution >= 4 is 22.3 Å². The van der Waals surface area contributed by atoms with Crippen LogP contribution >= 0.6 is 0 Å². The van der Waals surface area contributed by atoms with Crippen molar-refractivity contribution in [2.45, 2.75) is 19.9 Å². The zero-order valence-electron chi connectivity index (χ0n) is 20.8. The number of nitrogens with one attached hydrogen (secondary N) is 1. The quantitative estimate of drug-likeness (QED) is 0.288. The van der Waals surface area contributed by atoms with Crippen molar-refractivity contribution in [2.24, 2.45) is 0 Å². The van der Waals surface area contributed by atoms with Gasteiger partial charge >= 0.3 is 0 Å². The van der Waals surface area contributed by atoms with E-state index in [0.717, 1.165) is 27.9 Å². The molecule has 1 atom stereocenters. The summed E-state index contributed by atoms with van der Waals surface area (Å²) in [7, 11) is 0. The first-order valence-corrected chi connectivity index (χ1v) is 12.2. The summed E-state index contributed by atoms with van der Waals surface area (Å²) >= 11 is 0. The van der Waals surface area contributed by atoms with Crippen LogP contribution in [0.5, 0.6) is 11.5 Å². The highest BCUT2D eigenvalue weighted by molar-refractivity contribution is 5.97. The Morgan fingerprint density at radius 2 is 1.84 bits per heavy atom. The summed E-state index contributed by atoms with van der Waals surface area (Å²) in [5, 5.41) is 4.75. The van der Waals surface area contributed by atoms with Gasteiger partial charge < -0.3 is 14.8 Å². The first kappa shape index (κ1) is 23.3. The molecule has 1 N–H and O–H groups in total. The lowest BCUT2D eigenvalue weighted by atomic mass is 9.97. The molecule has 1 aliphatic heterocycles. The monoisotopic (exact) mass is 501 g/mol. The third-order valence-corrected chi connectivity index (χ3v) is 6.58. The summed E-state index contributed by atoms with van der Waals surface area (Å²) in [6.07, 6.45) is 1.51. The van der Waals surface area contributed by atoms with E-state index in [1.54, 1.807) is 11.5 Å². The molecule has 186 valence electrons. The Morgan fingerprint density at radius 1 is 1.03 bits per heavy atom. The van der Waals surface area contributed by atoms with Gasteiger partial charge in [0.15, 0.2) is 11.5 Å². The molecule has 0 fully saturated rings. The lowest BCUT2D eigenvalue weighted by Gasteiger charge is -2.22. The predicted molar refractivity (Wildman–Crippen MR) is 146 cm³/mol. The molecule has 3 aromatic carbocycles. The number of rotatable bonds is 5. The van der Waals surface area contributed by atoms with Gasteiger partial charge in [0.05, 0.1) is 18.0 Å². The molecule has 3 heterocycles. The van der Waals surface area contributed by atoms with Crippen LogP contribution in [0.1, 0.15) is 24.5 Å². The number of anilines is 1. The minimum atomic E-state index is -0.351. The third-order valence-electron chi connectivity index (χ3n) is 6.58. The molecule has 5 aromatic rings. The van der Waals surface area contributed by atoms with Crippen LogP contribution in [0.2, 0.25) is 0 Å². The molecule has 8 nitrogen and oxygen atoms in total. The fourth-order valence-corrected chi connectivity index (χ4v) is 4.78. The lowest BCUT2D eigenvalue weighted by Crippen LogP contribution is -2.26. The summed E-state index contributed by atoms with van der Waals surface area (Å²) in [6.45, 7) is 11.4. The summed E-state index contributed by atoms with van der Waals surface area (Å²) < 4.78 is 12.8. The van der Waals surface area contributed by atoms with Gasteiger partial charge in [0.2, 0.25) is 12.5 Å². The molecule has 0 radical (unpaired) electrons. The first-order chi connectivity index (χ1) is 18.5. The molecular weight excluding hydrogens is 478 g/mol. The smallest absolute Gasteiger partial charge is 0.263 e. The SMILES string of the molecule is [C-]#[N+]c1cnc(C)nc1N[C@@H](C)c1cc2cccc(-c3ccc4c(c3)OCO4)c2c(=O)n1-c1ccccc1. The van der Waals surface area contributed by atoms with E-state index in [9.17, 15) is 4.79 Å². The van der Waals surface area contributed by atoms with E-state index in [4.69, 9.17) is 16.0 Å². The molecule has 0 bridgehead atoms. The number of aryl methyl sites for hydroxylation is 1. The Morgan fingerprint density at radius 3 is 2.66 bits per heavy atom. The number of para-hydroxylation sites is 1. The van der Waals surface area contributed by atoms with Gasteiger partial charge in [0.25, 0.3) is 5.56 Å². The molecular formula is C30H23N5O3. The molecule has 0 unspecified atom stereocenters. The highest BCUT2D eigenvalue weighted by Gasteiger charge is 2.21. The molecule has 0 aliphatic carbocycles. The van der Waals surface area contributed by atoms with Crippen molar-refractivity contribution in [2.75, 3.05) is 12.1 Å². The second kappa shape index (κ2) is 9.37. The van der Waals surface area contributed by atoms with Crippen molar-refractivity contribution in [1.82, 2.24) is 14.5 Å². The average Bonchev–Trinajstić information content (AvgIpc) is 3.41. The number of fused-ring (bicyclic) bond motifs is 2. The largest absolute Gasteiger partial charge is 0.454 e. The van der Waals surface area contributed by atoms with Crippen LogP contribution < -0.4 is 20.3 Å². The molecule has 0 saturated carbocycles. The van der Waals surface area contributed by atoms with E-state index >= 15 is 0 Å². The van der Waals surface area contributed by atoms with Crippen LogP contribution in [0.3, 0.4) is 0 Å². The number of hydrogen-bond donors (Lipinski definition) is 1. The molecule has 6 rings (SSSR count). The van der Waals surface area contributed by atoms with E-state index in [1.165, 1.54) is 6.20 Å². The van der Waals surface area contributed by atoms with Gasteiger partial charge in [0, 0.05) is 17.6 Å². The van der Waals surface area contributed by atoms with E-state index in [1.807, 2.05) is 79.7 Å². The van der Waals surface area contributed by atoms with Crippen LogP contribution in [0.15, 0.2) is 83.8 Å². The van der Waals surface area contributed by atoms with E-state index in [-0.39, 0.29) is 18.4 Å². The molecule has 1 aliphatic rings. The number of benzene rings is 3. The first-order valence-electron chi connectivity index (χ1n) is 12.2. The summed E-state index contributed by atoms with van der Waals surface area (Å²) in [5.74, 6) is 2.34. The predicted octanol–water partition coefficient (Wildman–Crippen LogP) is 6.21. The van der Waals surface area contributed by atoms with Gasteiger partial charge in [0.1, 0.15) is 11.6 Å². The minimum Gasteiger partial charge on any atom is -0.454 e. The third kappa shape index (κ3) is 4.00. The second-order valence-corrected chi connectivity index (χ2v) is 9.01. The number of nitrogens with zero attached hydrogens (tertiary/aromatic N) is 4. The lowest BCUT2D eigenvalue weighted by molar-refractivity contribution is 0.174. The minimum absolute atomic E-state index is 0.144. The van der Waals surface area contributed by atoms with Crippen LogP contribution in [0.4, 0.5) is 11.5 Å². The maximum absolute atomic E-state index is 14.3. The van der Waals surface area contributed by atoms with Gasteiger partial charge in [-0.3, -0.25) is 14.3 Å². The zero-order valence-corrected chi connectivity index (χ0v) is 20.8. The standard InChI is InChI=1S/C30H23N5O3/c1-18(33-29-24(31-3)16-32-19(2)34-29)25-14-21-8-7-11-23(20-12-13-26-27(15-20)38-17-37-26)28(21)30(36)35(25)22-9-5-4-6-10-22/h4-16,18H,17H2,1-2H3,(H,32,33,34)/t18-/m0/s1. The summed E-state index contributed by atoms with van der Waals surface area (Å²) in [4.78, 5) is 26.4. The van der Waals surface area contributed by atoms with E-state index in [2.05, 4.69) is 20.1 Å².